The maximum atomic E-state index is 13.0. The van der Waals surface area contributed by atoms with Gasteiger partial charge in [0.2, 0.25) is 0 Å². The molecule has 2 rings (SSSR count). The molecule has 0 unspecified atom stereocenters. The van der Waals surface area contributed by atoms with Gasteiger partial charge in [-0.25, -0.2) is 8.78 Å². The molecule has 1 aromatic rings. The molecule has 0 saturated heterocycles. The Labute approximate surface area is 82.3 Å². The van der Waals surface area contributed by atoms with Crippen molar-refractivity contribution < 1.29 is 8.78 Å². The van der Waals surface area contributed by atoms with Crippen molar-refractivity contribution in [3.63, 3.8) is 0 Å². The van der Waals surface area contributed by atoms with E-state index in [0.717, 1.165) is 37.2 Å². The standard InChI is InChI=1S/C11H13F2N/c1-2-4-14-5-3-8-6-9(12)10(13)7-11(8)14/h6-7H,2-5H2,1H3. The lowest BCUT2D eigenvalue weighted by molar-refractivity contribution is 0.508. The van der Waals surface area contributed by atoms with Crippen LogP contribution in [0.1, 0.15) is 18.9 Å². The molecule has 1 aliphatic rings. The molecule has 0 N–H and O–H groups in total. The number of halogens is 2. The normalized spacial score (nSPS) is 14.6. The SMILES string of the molecule is CCCN1CCc2cc(F)c(F)cc21. The average molecular weight is 197 g/mol. The first-order valence-corrected chi connectivity index (χ1v) is 4.95. The largest absolute Gasteiger partial charge is 0.371 e. The number of anilines is 1. The predicted octanol–water partition coefficient (Wildman–Crippen LogP) is 2.74. The first-order chi connectivity index (χ1) is 6.72. The monoisotopic (exact) mass is 197 g/mol. The van der Waals surface area contributed by atoms with E-state index in [2.05, 4.69) is 11.8 Å². The molecule has 0 amide bonds. The van der Waals surface area contributed by atoms with E-state index in [1.807, 2.05) is 0 Å². The second kappa shape index (κ2) is 3.56. The fraction of sp³-hybridized carbons (Fsp3) is 0.455. The molecular formula is C11H13F2N. The lowest BCUT2D eigenvalue weighted by atomic mass is 10.1. The molecule has 0 fully saturated rings. The molecule has 0 atom stereocenters. The van der Waals surface area contributed by atoms with E-state index in [4.69, 9.17) is 0 Å². The average Bonchev–Trinajstić information content (AvgIpc) is 2.51. The summed E-state index contributed by atoms with van der Waals surface area (Å²) < 4.78 is 25.9. The van der Waals surface area contributed by atoms with Crippen LogP contribution < -0.4 is 4.90 Å². The van der Waals surface area contributed by atoms with Crippen LogP contribution in [0.2, 0.25) is 0 Å². The fourth-order valence-corrected chi connectivity index (χ4v) is 1.95. The Morgan fingerprint density at radius 3 is 2.71 bits per heavy atom. The maximum absolute atomic E-state index is 13.0. The number of rotatable bonds is 2. The highest BCUT2D eigenvalue weighted by molar-refractivity contribution is 5.58. The highest BCUT2D eigenvalue weighted by Gasteiger charge is 2.20. The lowest BCUT2D eigenvalue weighted by Crippen LogP contribution is -2.21. The Kier molecular flexibility index (Phi) is 2.40. The summed E-state index contributed by atoms with van der Waals surface area (Å²) in [6.45, 7) is 3.88. The van der Waals surface area contributed by atoms with E-state index in [1.54, 1.807) is 0 Å². The number of benzene rings is 1. The fourth-order valence-electron chi connectivity index (χ4n) is 1.95. The van der Waals surface area contributed by atoms with Crippen molar-refractivity contribution in [1.29, 1.82) is 0 Å². The van der Waals surface area contributed by atoms with Crippen molar-refractivity contribution in [3.05, 3.63) is 29.3 Å². The zero-order chi connectivity index (χ0) is 10.1. The summed E-state index contributed by atoms with van der Waals surface area (Å²) in [6, 6.07) is 2.63. The van der Waals surface area contributed by atoms with Gasteiger partial charge in [-0.3, -0.25) is 0 Å². The Bertz CT molecular complexity index is 349. The molecule has 1 heterocycles. The van der Waals surface area contributed by atoms with Crippen LogP contribution in [0.3, 0.4) is 0 Å². The highest BCUT2D eigenvalue weighted by Crippen LogP contribution is 2.29. The summed E-state index contributed by atoms with van der Waals surface area (Å²) in [4.78, 5) is 2.11. The third-order valence-corrected chi connectivity index (χ3v) is 2.61. The number of nitrogens with zero attached hydrogens (tertiary/aromatic N) is 1. The third kappa shape index (κ3) is 1.47. The predicted molar refractivity (Wildman–Crippen MR) is 52.6 cm³/mol. The summed E-state index contributed by atoms with van der Waals surface area (Å²) >= 11 is 0. The van der Waals surface area contributed by atoms with Gasteiger partial charge in [0, 0.05) is 24.8 Å². The van der Waals surface area contributed by atoms with Crippen molar-refractivity contribution in [2.45, 2.75) is 19.8 Å². The van der Waals surface area contributed by atoms with Crippen molar-refractivity contribution in [2.75, 3.05) is 18.0 Å². The smallest absolute Gasteiger partial charge is 0.160 e. The van der Waals surface area contributed by atoms with Crippen LogP contribution in [-0.2, 0) is 6.42 Å². The van der Waals surface area contributed by atoms with E-state index in [0.29, 0.717) is 0 Å². The summed E-state index contributed by atoms with van der Waals surface area (Å²) in [5.41, 5.74) is 1.79. The molecule has 14 heavy (non-hydrogen) atoms. The summed E-state index contributed by atoms with van der Waals surface area (Å²) in [7, 11) is 0. The lowest BCUT2D eigenvalue weighted by Gasteiger charge is -2.18. The van der Waals surface area contributed by atoms with Crippen molar-refractivity contribution >= 4 is 5.69 Å². The highest BCUT2D eigenvalue weighted by atomic mass is 19.2. The Morgan fingerprint density at radius 2 is 2.00 bits per heavy atom. The minimum atomic E-state index is -0.744. The van der Waals surface area contributed by atoms with Crippen LogP contribution in [0.4, 0.5) is 14.5 Å². The molecule has 1 aliphatic heterocycles. The zero-order valence-corrected chi connectivity index (χ0v) is 8.19. The number of hydrogen-bond donors (Lipinski definition) is 0. The van der Waals surface area contributed by atoms with E-state index in [-0.39, 0.29) is 0 Å². The van der Waals surface area contributed by atoms with Gasteiger partial charge in [-0.1, -0.05) is 6.92 Å². The van der Waals surface area contributed by atoms with Gasteiger partial charge in [-0.05, 0) is 24.5 Å². The van der Waals surface area contributed by atoms with Gasteiger partial charge < -0.3 is 4.90 Å². The van der Waals surface area contributed by atoms with Crippen LogP contribution >= 0.6 is 0 Å². The molecule has 1 aromatic carbocycles. The van der Waals surface area contributed by atoms with Gasteiger partial charge in [0.05, 0.1) is 0 Å². The number of hydrogen-bond acceptors (Lipinski definition) is 1. The molecule has 0 saturated carbocycles. The summed E-state index contributed by atoms with van der Waals surface area (Å²) in [6.07, 6.45) is 1.85. The van der Waals surface area contributed by atoms with Crippen LogP contribution in [-0.4, -0.2) is 13.1 Å². The molecule has 3 heteroatoms. The van der Waals surface area contributed by atoms with Crippen LogP contribution in [0.15, 0.2) is 12.1 Å². The quantitative estimate of drug-likeness (QED) is 0.704. The van der Waals surface area contributed by atoms with Gasteiger partial charge in [0.1, 0.15) is 0 Å². The second-order valence-corrected chi connectivity index (χ2v) is 3.63. The molecule has 0 bridgehead atoms. The molecular weight excluding hydrogens is 184 g/mol. The Morgan fingerprint density at radius 1 is 1.29 bits per heavy atom. The first kappa shape index (κ1) is 9.44. The summed E-state index contributed by atoms with van der Waals surface area (Å²) in [5.74, 6) is -1.48. The van der Waals surface area contributed by atoms with Crippen molar-refractivity contribution in [3.8, 4) is 0 Å². The molecule has 0 spiro atoms. The van der Waals surface area contributed by atoms with Gasteiger partial charge in [0.15, 0.2) is 11.6 Å². The Balaban J connectivity index is 2.35. The van der Waals surface area contributed by atoms with Gasteiger partial charge in [-0.2, -0.15) is 0 Å². The van der Waals surface area contributed by atoms with Crippen molar-refractivity contribution in [1.82, 2.24) is 0 Å². The van der Waals surface area contributed by atoms with Crippen LogP contribution in [0.5, 0.6) is 0 Å². The van der Waals surface area contributed by atoms with E-state index >= 15 is 0 Å². The zero-order valence-electron chi connectivity index (χ0n) is 8.19. The van der Waals surface area contributed by atoms with Gasteiger partial charge in [-0.15, -0.1) is 0 Å². The Hall–Kier alpha value is -1.12. The van der Waals surface area contributed by atoms with E-state index in [1.165, 1.54) is 12.1 Å². The van der Waals surface area contributed by atoms with Gasteiger partial charge in [0.25, 0.3) is 0 Å². The third-order valence-electron chi connectivity index (χ3n) is 2.61. The van der Waals surface area contributed by atoms with E-state index < -0.39 is 11.6 Å². The maximum Gasteiger partial charge on any atom is 0.160 e. The minimum Gasteiger partial charge on any atom is -0.371 e. The molecule has 0 radical (unpaired) electrons. The molecule has 76 valence electrons. The summed E-state index contributed by atoms with van der Waals surface area (Å²) in [5, 5.41) is 0. The minimum absolute atomic E-state index is 0.734. The van der Waals surface area contributed by atoms with Crippen molar-refractivity contribution in [2.24, 2.45) is 0 Å². The van der Waals surface area contributed by atoms with Gasteiger partial charge >= 0.3 is 0 Å². The van der Waals surface area contributed by atoms with E-state index in [9.17, 15) is 8.78 Å². The number of fused-ring (bicyclic) bond motifs is 1. The topological polar surface area (TPSA) is 3.24 Å². The second-order valence-electron chi connectivity index (χ2n) is 3.63. The molecule has 0 aliphatic carbocycles. The van der Waals surface area contributed by atoms with Crippen LogP contribution in [0.25, 0.3) is 0 Å². The first-order valence-electron chi connectivity index (χ1n) is 4.95. The molecule has 0 aromatic heterocycles. The van der Waals surface area contributed by atoms with Crippen LogP contribution in [0, 0.1) is 11.6 Å². The molecule has 1 nitrogen and oxygen atoms in total.